The van der Waals surface area contributed by atoms with Crippen molar-refractivity contribution in [3.63, 3.8) is 0 Å². The van der Waals surface area contributed by atoms with Gasteiger partial charge in [0.15, 0.2) is 17.1 Å². The fourth-order valence-electron chi connectivity index (χ4n) is 3.89. The van der Waals surface area contributed by atoms with Gasteiger partial charge in [-0.15, -0.1) is 0 Å². The second-order valence-corrected chi connectivity index (χ2v) is 7.67. The first kappa shape index (κ1) is 19.2. The number of fused-ring (bicyclic) bond motifs is 2. The number of aryl methyl sites for hydroxylation is 1. The Bertz CT molecular complexity index is 1090. The second-order valence-electron chi connectivity index (χ2n) is 7.67. The van der Waals surface area contributed by atoms with Crippen molar-refractivity contribution >= 4 is 16.9 Å². The Labute approximate surface area is 170 Å². The number of hydrogen-bond acceptors (Lipinski definition) is 5. The van der Waals surface area contributed by atoms with Crippen molar-refractivity contribution in [3.8, 4) is 11.5 Å². The summed E-state index contributed by atoms with van der Waals surface area (Å²) >= 11 is 0. The molecule has 1 aliphatic heterocycles. The molecular formula is C22H26N4O3. The topological polar surface area (TPSA) is 69.5 Å². The Balaban J connectivity index is 1.65. The number of aromatic nitrogens is 3. The molecule has 3 heterocycles. The second kappa shape index (κ2) is 7.39. The molecule has 152 valence electrons. The third kappa shape index (κ3) is 3.30. The zero-order valence-corrected chi connectivity index (χ0v) is 17.5. The molecule has 0 aliphatic carbocycles. The van der Waals surface area contributed by atoms with E-state index in [1.54, 1.807) is 20.4 Å². The number of carbonyl (C=O) groups is 1. The van der Waals surface area contributed by atoms with E-state index >= 15 is 0 Å². The summed E-state index contributed by atoms with van der Waals surface area (Å²) in [5.74, 6) is 1.40. The van der Waals surface area contributed by atoms with Crippen LogP contribution < -0.4 is 9.47 Å². The average molecular weight is 394 g/mol. The number of hydrogen-bond donors (Lipinski definition) is 0. The minimum atomic E-state index is -0.00497. The molecule has 1 aromatic carbocycles. The summed E-state index contributed by atoms with van der Waals surface area (Å²) in [5, 5.41) is 5.30. The van der Waals surface area contributed by atoms with E-state index in [4.69, 9.17) is 9.47 Å². The van der Waals surface area contributed by atoms with E-state index in [9.17, 15) is 4.79 Å². The molecule has 0 fully saturated rings. The van der Waals surface area contributed by atoms with Crippen molar-refractivity contribution < 1.29 is 14.3 Å². The van der Waals surface area contributed by atoms with Crippen LogP contribution in [0, 0.1) is 6.92 Å². The SMILES string of the molecule is COc1cc2c(cc1OC)CN(C(=O)c1cc3cnn(C(C)C)c3nc1C)CC2. The molecule has 2 aromatic heterocycles. The van der Waals surface area contributed by atoms with Gasteiger partial charge < -0.3 is 14.4 Å². The first-order chi connectivity index (χ1) is 13.9. The lowest BCUT2D eigenvalue weighted by molar-refractivity contribution is 0.0733. The van der Waals surface area contributed by atoms with E-state index in [2.05, 4.69) is 23.9 Å². The van der Waals surface area contributed by atoms with Gasteiger partial charge in [-0.25, -0.2) is 9.67 Å². The van der Waals surface area contributed by atoms with Gasteiger partial charge in [0, 0.05) is 24.5 Å². The van der Waals surface area contributed by atoms with Crippen molar-refractivity contribution in [2.75, 3.05) is 20.8 Å². The number of pyridine rings is 1. The molecule has 7 nitrogen and oxygen atoms in total. The highest BCUT2D eigenvalue weighted by Gasteiger charge is 2.25. The quantitative estimate of drug-likeness (QED) is 0.677. The Hall–Kier alpha value is -3.09. The lowest BCUT2D eigenvalue weighted by atomic mass is 9.98. The summed E-state index contributed by atoms with van der Waals surface area (Å²) in [4.78, 5) is 19.9. The zero-order chi connectivity index (χ0) is 20.7. The van der Waals surface area contributed by atoms with E-state index in [1.165, 1.54) is 5.56 Å². The number of ether oxygens (including phenoxy) is 2. The lowest BCUT2D eigenvalue weighted by Crippen LogP contribution is -2.36. The van der Waals surface area contributed by atoms with Crippen LogP contribution in [-0.2, 0) is 13.0 Å². The summed E-state index contributed by atoms with van der Waals surface area (Å²) in [6, 6.07) is 6.10. The number of methoxy groups -OCH3 is 2. The number of carbonyl (C=O) groups excluding carboxylic acids is 1. The van der Waals surface area contributed by atoms with E-state index in [-0.39, 0.29) is 11.9 Å². The maximum absolute atomic E-state index is 13.3. The van der Waals surface area contributed by atoms with Gasteiger partial charge >= 0.3 is 0 Å². The van der Waals surface area contributed by atoms with Crippen LogP contribution in [0.25, 0.3) is 11.0 Å². The summed E-state index contributed by atoms with van der Waals surface area (Å²) in [6.45, 7) is 7.21. The fourth-order valence-corrected chi connectivity index (χ4v) is 3.89. The molecule has 3 aromatic rings. The highest BCUT2D eigenvalue weighted by atomic mass is 16.5. The Morgan fingerprint density at radius 2 is 1.79 bits per heavy atom. The summed E-state index contributed by atoms with van der Waals surface area (Å²) in [6.07, 6.45) is 2.56. The first-order valence-corrected chi connectivity index (χ1v) is 9.80. The monoisotopic (exact) mass is 394 g/mol. The van der Waals surface area contributed by atoms with Gasteiger partial charge in [0.25, 0.3) is 5.91 Å². The Kier molecular flexibility index (Phi) is 4.90. The summed E-state index contributed by atoms with van der Waals surface area (Å²) in [7, 11) is 3.26. The van der Waals surface area contributed by atoms with Crippen LogP contribution in [0.15, 0.2) is 24.4 Å². The molecule has 0 bridgehead atoms. The lowest BCUT2D eigenvalue weighted by Gasteiger charge is -2.30. The van der Waals surface area contributed by atoms with Crippen LogP contribution in [-0.4, -0.2) is 46.3 Å². The van der Waals surface area contributed by atoms with Crippen LogP contribution in [0.1, 0.15) is 47.1 Å². The third-order valence-corrected chi connectivity index (χ3v) is 5.48. The van der Waals surface area contributed by atoms with E-state index in [0.717, 1.165) is 34.5 Å². The molecule has 1 amide bonds. The van der Waals surface area contributed by atoms with Crippen molar-refractivity contribution in [1.29, 1.82) is 0 Å². The highest BCUT2D eigenvalue weighted by molar-refractivity contribution is 5.98. The van der Waals surface area contributed by atoms with Gasteiger partial charge in [-0.1, -0.05) is 0 Å². The zero-order valence-electron chi connectivity index (χ0n) is 17.5. The molecule has 0 N–H and O–H groups in total. The molecular weight excluding hydrogens is 368 g/mol. The standard InChI is InChI=1S/C22H26N4O3/c1-13(2)26-21-16(11-23-26)8-18(14(3)24-21)22(27)25-7-6-15-9-19(28-4)20(29-5)10-17(15)12-25/h8-11,13H,6-7,12H2,1-5H3. The predicted octanol–water partition coefficient (Wildman–Crippen LogP) is 3.54. The predicted molar refractivity (Wildman–Crippen MR) is 111 cm³/mol. The minimum Gasteiger partial charge on any atom is -0.493 e. The van der Waals surface area contributed by atoms with Gasteiger partial charge in [-0.3, -0.25) is 4.79 Å². The number of rotatable bonds is 4. The fraction of sp³-hybridized carbons (Fsp3) is 0.409. The van der Waals surface area contributed by atoms with Gasteiger partial charge in [0.05, 0.1) is 31.7 Å². The van der Waals surface area contributed by atoms with Crippen molar-refractivity contribution in [3.05, 3.63) is 46.8 Å². The molecule has 1 aliphatic rings. The van der Waals surface area contributed by atoms with Gasteiger partial charge in [-0.2, -0.15) is 5.10 Å². The van der Waals surface area contributed by atoms with Crippen LogP contribution in [0.2, 0.25) is 0 Å². The third-order valence-electron chi connectivity index (χ3n) is 5.48. The van der Waals surface area contributed by atoms with Crippen LogP contribution in [0.3, 0.4) is 0 Å². The Morgan fingerprint density at radius 1 is 1.10 bits per heavy atom. The van der Waals surface area contributed by atoms with Crippen molar-refractivity contribution in [1.82, 2.24) is 19.7 Å². The normalized spacial score (nSPS) is 13.7. The average Bonchev–Trinajstić information content (AvgIpc) is 3.14. The summed E-state index contributed by atoms with van der Waals surface area (Å²) < 4.78 is 12.7. The number of nitrogens with zero attached hydrogens (tertiary/aromatic N) is 4. The van der Waals surface area contributed by atoms with E-state index < -0.39 is 0 Å². The van der Waals surface area contributed by atoms with Gasteiger partial charge in [0.1, 0.15) is 0 Å². The first-order valence-electron chi connectivity index (χ1n) is 9.80. The highest BCUT2D eigenvalue weighted by Crippen LogP contribution is 2.33. The molecule has 0 radical (unpaired) electrons. The number of amides is 1. The molecule has 0 saturated carbocycles. The molecule has 0 saturated heterocycles. The molecule has 0 unspecified atom stereocenters. The Morgan fingerprint density at radius 3 is 2.45 bits per heavy atom. The largest absolute Gasteiger partial charge is 0.493 e. The van der Waals surface area contributed by atoms with Crippen molar-refractivity contribution in [2.45, 2.75) is 39.8 Å². The maximum Gasteiger partial charge on any atom is 0.256 e. The maximum atomic E-state index is 13.3. The molecule has 4 rings (SSSR count). The van der Waals surface area contributed by atoms with Crippen LogP contribution in [0.5, 0.6) is 11.5 Å². The molecule has 0 atom stereocenters. The minimum absolute atomic E-state index is 0.00497. The van der Waals surface area contributed by atoms with Gasteiger partial charge in [-0.05, 0) is 56.5 Å². The van der Waals surface area contributed by atoms with Gasteiger partial charge in [0.2, 0.25) is 0 Å². The number of benzene rings is 1. The molecule has 29 heavy (non-hydrogen) atoms. The van der Waals surface area contributed by atoms with E-state index in [1.807, 2.05) is 34.7 Å². The van der Waals surface area contributed by atoms with Crippen LogP contribution >= 0.6 is 0 Å². The van der Waals surface area contributed by atoms with E-state index in [0.29, 0.717) is 24.4 Å². The molecule has 0 spiro atoms. The summed E-state index contributed by atoms with van der Waals surface area (Å²) in [5.41, 5.74) is 4.44. The van der Waals surface area contributed by atoms with Crippen molar-refractivity contribution in [2.24, 2.45) is 0 Å². The molecule has 7 heteroatoms. The smallest absolute Gasteiger partial charge is 0.256 e. The van der Waals surface area contributed by atoms with Crippen LogP contribution in [0.4, 0.5) is 0 Å².